The minimum Gasteiger partial charge on any atom is -0.370 e. The lowest BCUT2D eigenvalue weighted by molar-refractivity contribution is 0.250. The van der Waals surface area contributed by atoms with Crippen molar-refractivity contribution in [1.29, 1.82) is 0 Å². The van der Waals surface area contributed by atoms with E-state index in [0.717, 1.165) is 44.1 Å². The maximum atomic E-state index is 6.09. The topological polar surface area (TPSA) is 44.9 Å². The molecule has 0 atom stereocenters. The van der Waals surface area contributed by atoms with Crippen LogP contribution in [-0.2, 0) is 0 Å². The summed E-state index contributed by atoms with van der Waals surface area (Å²) in [6.07, 6.45) is 8.01. The predicted octanol–water partition coefficient (Wildman–Crippen LogP) is 1.91. The van der Waals surface area contributed by atoms with Crippen LogP contribution in [0.15, 0.2) is 4.99 Å². The number of likely N-dealkylation sites (N-methyl/N-ethyl adjacent to an activating group) is 1. The first-order valence-corrected chi connectivity index (χ1v) is 7.92. The van der Waals surface area contributed by atoms with E-state index in [0.29, 0.717) is 0 Å². The number of rotatable bonds is 4. The summed E-state index contributed by atoms with van der Waals surface area (Å²) < 4.78 is 0. The van der Waals surface area contributed by atoms with Gasteiger partial charge in [0.1, 0.15) is 0 Å². The van der Waals surface area contributed by atoms with Crippen molar-refractivity contribution < 1.29 is 0 Å². The van der Waals surface area contributed by atoms with E-state index in [2.05, 4.69) is 28.8 Å². The van der Waals surface area contributed by atoms with Crippen molar-refractivity contribution in [2.75, 3.05) is 33.2 Å². The quantitative estimate of drug-likeness (QED) is 0.624. The number of piperidine rings is 1. The van der Waals surface area contributed by atoms with Gasteiger partial charge in [0.05, 0.1) is 6.54 Å². The molecule has 0 aromatic rings. The second-order valence-electron chi connectivity index (χ2n) is 6.33. The molecule has 1 saturated carbocycles. The van der Waals surface area contributed by atoms with Crippen LogP contribution in [0.4, 0.5) is 0 Å². The van der Waals surface area contributed by atoms with Gasteiger partial charge in [-0.25, -0.2) is 0 Å². The number of hydrogen-bond donors (Lipinski definition) is 1. The van der Waals surface area contributed by atoms with Gasteiger partial charge in [-0.2, -0.15) is 0 Å². The van der Waals surface area contributed by atoms with E-state index in [-0.39, 0.29) is 0 Å². The number of nitrogens with zero attached hydrogens (tertiary/aromatic N) is 3. The van der Waals surface area contributed by atoms with Gasteiger partial charge in [-0.15, -0.1) is 0 Å². The average Bonchev–Trinajstić information content (AvgIpc) is 2.93. The standard InChI is InChI=1S/C15H30N4/c1-13-7-10-19(11-8-13)15(16)17-9-12-18(2)14-5-3-4-6-14/h13-14H,3-12H2,1-2H3,(H2,16,17). The SMILES string of the molecule is CC1CCN(C(N)=NCCN(C)C2CCCC2)CC1. The molecule has 1 aliphatic carbocycles. The summed E-state index contributed by atoms with van der Waals surface area (Å²) in [5.41, 5.74) is 6.09. The maximum Gasteiger partial charge on any atom is 0.191 e. The molecule has 0 bridgehead atoms. The highest BCUT2D eigenvalue weighted by Crippen LogP contribution is 2.22. The lowest BCUT2D eigenvalue weighted by Crippen LogP contribution is -2.43. The first-order valence-electron chi connectivity index (χ1n) is 7.92. The Balaban J connectivity index is 1.69. The zero-order chi connectivity index (χ0) is 13.7. The van der Waals surface area contributed by atoms with Crippen LogP contribution in [0.1, 0.15) is 45.4 Å². The third-order valence-electron chi connectivity index (χ3n) is 4.78. The Labute approximate surface area is 118 Å². The summed E-state index contributed by atoms with van der Waals surface area (Å²) in [6.45, 7) is 6.35. The Bertz CT molecular complexity index is 289. The van der Waals surface area contributed by atoms with Gasteiger partial charge in [-0.1, -0.05) is 19.8 Å². The fourth-order valence-electron chi connectivity index (χ4n) is 3.19. The van der Waals surface area contributed by atoms with Crippen LogP contribution in [0.25, 0.3) is 0 Å². The van der Waals surface area contributed by atoms with Crippen LogP contribution in [0, 0.1) is 5.92 Å². The van der Waals surface area contributed by atoms with Gasteiger partial charge in [0.25, 0.3) is 0 Å². The Hall–Kier alpha value is -0.770. The predicted molar refractivity (Wildman–Crippen MR) is 81.3 cm³/mol. The highest BCUT2D eigenvalue weighted by molar-refractivity contribution is 5.78. The molecule has 4 heteroatoms. The molecular formula is C15H30N4. The Morgan fingerprint density at radius 1 is 1.21 bits per heavy atom. The minimum absolute atomic E-state index is 0.756. The monoisotopic (exact) mass is 266 g/mol. The van der Waals surface area contributed by atoms with Gasteiger partial charge in [0.15, 0.2) is 5.96 Å². The number of aliphatic imine (C=N–C) groups is 1. The van der Waals surface area contributed by atoms with Crippen molar-refractivity contribution in [3.05, 3.63) is 0 Å². The molecule has 0 amide bonds. The van der Waals surface area contributed by atoms with Gasteiger partial charge >= 0.3 is 0 Å². The molecule has 0 radical (unpaired) electrons. The Morgan fingerprint density at radius 3 is 2.47 bits per heavy atom. The summed E-state index contributed by atoms with van der Waals surface area (Å²) in [5.74, 6) is 1.60. The first-order chi connectivity index (χ1) is 9.16. The van der Waals surface area contributed by atoms with Crippen molar-refractivity contribution in [1.82, 2.24) is 9.80 Å². The smallest absolute Gasteiger partial charge is 0.191 e. The largest absolute Gasteiger partial charge is 0.370 e. The van der Waals surface area contributed by atoms with E-state index in [9.17, 15) is 0 Å². The van der Waals surface area contributed by atoms with E-state index in [1.54, 1.807) is 0 Å². The van der Waals surface area contributed by atoms with Crippen LogP contribution in [0.3, 0.4) is 0 Å². The fourth-order valence-corrected chi connectivity index (χ4v) is 3.19. The zero-order valence-corrected chi connectivity index (χ0v) is 12.6. The highest BCUT2D eigenvalue weighted by atomic mass is 15.3. The van der Waals surface area contributed by atoms with Crippen LogP contribution in [-0.4, -0.2) is 55.0 Å². The van der Waals surface area contributed by atoms with Crippen molar-refractivity contribution in [2.45, 2.75) is 51.5 Å². The molecule has 0 aromatic carbocycles. The molecule has 1 aliphatic heterocycles. The lowest BCUT2D eigenvalue weighted by Gasteiger charge is -2.31. The van der Waals surface area contributed by atoms with Crippen molar-refractivity contribution in [3.8, 4) is 0 Å². The molecule has 2 N–H and O–H groups in total. The zero-order valence-electron chi connectivity index (χ0n) is 12.6. The van der Waals surface area contributed by atoms with E-state index in [1.807, 2.05) is 0 Å². The third-order valence-corrected chi connectivity index (χ3v) is 4.78. The van der Waals surface area contributed by atoms with Crippen molar-refractivity contribution in [3.63, 3.8) is 0 Å². The molecule has 2 aliphatic rings. The normalized spacial score (nSPS) is 23.5. The number of nitrogens with two attached hydrogens (primary N) is 1. The Morgan fingerprint density at radius 2 is 1.84 bits per heavy atom. The van der Waals surface area contributed by atoms with Crippen LogP contribution in [0.5, 0.6) is 0 Å². The molecule has 1 saturated heterocycles. The molecule has 0 spiro atoms. The minimum atomic E-state index is 0.756. The molecule has 19 heavy (non-hydrogen) atoms. The molecule has 4 nitrogen and oxygen atoms in total. The van der Waals surface area contributed by atoms with Crippen LogP contribution in [0.2, 0.25) is 0 Å². The number of hydrogen-bond acceptors (Lipinski definition) is 2. The van der Waals surface area contributed by atoms with E-state index in [1.165, 1.54) is 38.5 Å². The van der Waals surface area contributed by atoms with Crippen molar-refractivity contribution >= 4 is 5.96 Å². The van der Waals surface area contributed by atoms with Gasteiger partial charge in [0.2, 0.25) is 0 Å². The molecule has 110 valence electrons. The fraction of sp³-hybridized carbons (Fsp3) is 0.933. The summed E-state index contributed by atoms with van der Waals surface area (Å²) in [5, 5.41) is 0. The second-order valence-corrected chi connectivity index (χ2v) is 6.33. The van der Waals surface area contributed by atoms with E-state index >= 15 is 0 Å². The van der Waals surface area contributed by atoms with Gasteiger partial charge < -0.3 is 15.5 Å². The Kier molecular flexibility index (Phi) is 5.49. The van der Waals surface area contributed by atoms with Crippen LogP contribution >= 0.6 is 0 Å². The molecular weight excluding hydrogens is 236 g/mol. The summed E-state index contributed by atoms with van der Waals surface area (Å²) in [4.78, 5) is 9.27. The number of likely N-dealkylation sites (tertiary alicyclic amines) is 1. The van der Waals surface area contributed by atoms with Gasteiger partial charge in [0, 0.05) is 25.7 Å². The van der Waals surface area contributed by atoms with Crippen LogP contribution < -0.4 is 5.73 Å². The summed E-state index contributed by atoms with van der Waals surface area (Å²) >= 11 is 0. The van der Waals surface area contributed by atoms with E-state index < -0.39 is 0 Å². The average molecular weight is 266 g/mol. The molecule has 0 aromatic heterocycles. The molecule has 2 rings (SSSR count). The van der Waals surface area contributed by atoms with Crippen molar-refractivity contribution in [2.24, 2.45) is 16.6 Å². The molecule has 0 unspecified atom stereocenters. The van der Waals surface area contributed by atoms with E-state index in [4.69, 9.17) is 5.73 Å². The summed E-state index contributed by atoms with van der Waals surface area (Å²) in [6, 6.07) is 0.785. The molecule has 1 heterocycles. The summed E-state index contributed by atoms with van der Waals surface area (Å²) in [7, 11) is 2.23. The number of guanidine groups is 1. The van der Waals surface area contributed by atoms with Gasteiger partial charge in [-0.05, 0) is 38.6 Å². The van der Waals surface area contributed by atoms with Gasteiger partial charge in [-0.3, -0.25) is 4.99 Å². The maximum absolute atomic E-state index is 6.09. The first kappa shape index (κ1) is 14.6. The molecule has 2 fully saturated rings. The second kappa shape index (κ2) is 7.13. The third kappa shape index (κ3) is 4.37. The lowest BCUT2D eigenvalue weighted by atomic mass is 10.00. The highest BCUT2D eigenvalue weighted by Gasteiger charge is 2.19.